The van der Waals surface area contributed by atoms with E-state index in [1.54, 1.807) is 24.3 Å². The maximum Gasteiger partial charge on any atom is 0.253 e. The number of nitrogens with zero attached hydrogens (tertiary/aromatic N) is 3. The van der Waals surface area contributed by atoms with Crippen molar-refractivity contribution in [1.29, 1.82) is 0 Å². The molecule has 0 saturated carbocycles. The molecule has 3 aromatic rings. The Morgan fingerprint density at radius 1 is 1.18 bits per heavy atom. The molecule has 2 heterocycles. The summed E-state index contributed by atoms with van der Waals surface area (Å²) in [4.78, 5) is 19.4. The van der Waals surface area contributed by atoms with Gasteiger partial charge in [0.2, 0.25) is 0 Å². The van der Waals surface area contributed by atoms with Crippen LogP contribution in [0.2, 0.25) is 0 Å². The molecular formula is C23H24FN3O. The molecule has 0 aliphatic carbocycles. The predicted molar refractivity (Wildman–Crippen MR) is 108 cm³/mol. The van der Waals surface area contributed by atoms with E-state index in [0.29, 0.717) is 17.7 Å². The van der Waals surface area contributed by atoms with Crippen LogP contribution >= 0.6 is 0 Å². The lowest BCUT2D eigenvalue weighted by Gasteiger charge is -2.32. The maximum atomic E-state index is 14.0. The molecule has 1 fully saturated rings. The van der Waals surface area contributed by atoms with E-state index in [0.717, 1.165) is 37.3 Å². The fourth-order valence-corrected chi connectivity index (χ4v) is 3.99. The minimum Gasteiger partial charge on any atom is -0.338 e. The number of halogens is 1. The number of rotatable bonds is 4. The van der Waals surface area contributed by atoms with Crippen LogP contribution in [0.3, 0.4) is 0 Å². The predicted octanol–water partition coefficient (Wildman–Crippen LogP) is 4.73. The van der Waals surface area contributed by atoms with Gasteiger partial charge in [-0.05, 0) is 43.5 Å². The molecule has 0 spiro atoms. The fourth-order valence-electron chi connectivity index (χ4n) is 3.99. The smallest absolute Gasteiger partial charge is 0.253 e. The molecule has 0 N–H and O–H groups in total. The lowest BCUT2D eigenvalue weighted by Crippen LogP contribution is -2.39. The van der Waals surface area contributed by atoms with Crippen molar-refractivity contribution in [2.24, 2.45) is 0 Å². The summed E-state index contributed by atoms with van der Waals surface area (Å²) in [5, 5.41) is 0. The number of aryl methyl sites for hydroxylation is 1. The van der Waals surface area contributed by atoms with Crippen molar-refractivity contribution < 1.29 is 9.18 Å². The molecule has 4 nitrogen and oxygen atoms in total. The molecule has 1 aliphatic heterocycles. The van der Waals surface area contributed by atoms with E-state index >= 15 is 0 Å². The Hall–Kier alpha value is -2.95. The van der Waals surface area contributed by atoms with Gasteiger partial charge in [0.1, 0.15) is 11.6 Å². The van der Waals surface area contributed by atoms with Crippen molar-refractivity contribution in [3.05, 3.63) is 78.1 Å². The normalized spacial score (nSPS) is 16.9. The summed E-state index contributed by atoms with van der Waals surface area (Å²) in [5.74, 6) is 1.10. The average Bonchev–Trinajstić information content (AvgIpc) is 3.23. The Morgan fingerprint density at radius 2 is 1.96 bits per heavy atom. The Balaban J connectivity index is 1.50. The van der Waals surface area contributed by atoms with E-state index in [1.807, 2.05) is 35.5 Å². The minimum atomic E-state index is -0.258. The average molecular weight is 377 g/mol. The molecule has 0 bridgehead atoms. The first-order chi connectivity index (χ1) is 13.7. The number of imidazole rings is 1. The lowest BCUT2D eigenvalue weighted by atomic mass is 9.96. The number of carbonyl (C=O) groups is 1. The van der Waals surface area contributed by atoms with Gasteiger partial charge in [0.25, 0.3) is 5.91 Å². The Kier molecular flexibility index (Phi) is 5.24. The summed E-state index contributed by atoms with van der Waals surface area (Å²) in [6.07, 6.45) is 5.85. The SMILES string of the molecule is CCn1ccnc1[C@@H]1CCCN(C(=O)c2ccc(-c3ccccc3F)cc2)C1. The van der Waals surface area contributed by atoms with Crippen LogP contribution in [0.5, 0.6) is 0 Å². The number of hydrogen-bond donors (Lipinski definition) is 0. The molecular weight excluding hydrogens is 353 g/mol. The van der Waals surface area contributed by atoms with Gasteiger partial charge < -0.3 is 9.47 Å². The number of aromatic nitrogens is 2. The van der Waals surface area contributed by atoms with Crippen LogP contribution < -0.4 is 0 Å². The first-order valence-electron chi connectivity index (χ1n) is 9.82. The molecule has 4 rings (SSSR count). The third kappa shape index (κ3) is 3.57. The van der Waals surface area contributed by atoms with Crippen molar-refractivity contribution in [2.45, 2.75) is 32.2 Å². The van der Waals surface area contributed by atoms with Gasteiger partial charge in [0.05, 0.1) is 0 Å². The molecule has 1 aromatic heterocycles. The highest BCUT2D eigenvalue weighted by Crippen LogP contribution is 2.28. The number of piperidine rings is 1. The first-order valence-corrected chi connectivity index (χ1v) is 9.82. The Bertz CT molecular complexity index is 964. The summed E-state index contributed by atoms with van der Waals surface area (Å²) < 4.78 is 16.1. The van der Waals surface area contributed by atoms with Gasteiger partial charge in [0, 0.05) is 49.1 Å². The molecule has 1 atom stereocenters. The monoisotopic (exact) mass is 377 g/mol. The van der Waals surface area contributed by atoms with Gasteiger partial charge in [-0.3, -0.25) is 4.79 Å². The number of amides is 1. The number of carbonyl (C=O) groups excluding carboxylic acids is 1. The highest BCUT2D eigenvalue weighted by molar-refractivity contribution is 5.94. The van der Waals surface area contributed by atoms with Crippen LogP contribution in [-0.2, 0) is 6.54 Å². The van der Waals surface area contributed by atoms with Gasteiger partial charge >= 0.3 is 0 Å². The third-order valence-corrected chi connectivity index (χ3v) is 5.48. The van der Waals surface area contributed by atoms with Crippen molar-refractivity contribution in [3.63, 3.8) is 0 Å². The number of hydrogen-bond acceptors (Lipinski definition) is 2. The number of likely N-dealkylation sites (tertiary alicyclic amines) is 1. The second-order valence-corrected chi connectivity index (χ2v) is 7.22. The molecule has 1 saturated heterocycles. The van der Waals surface area contributed by atoms with Crippen LogP contribution in [-0.4, -0.2) is 33.4 Å². The van der Waals surface area contributed by atoms with Gasteiger partial charge in [-0.2, -0.15) is 0 Å². The molecule has 0 radical (unpaired) electrons. The molecule has 1 amide bonds. The van der Waals surface area contributed by atoms with Crippen LogP contribution in [0.1, 0.15) is 41.9 Å². The largest absolute Gasteiger partial charge is 0.338 e. The van der Waals surface area contributed by atoms with Crippen LogP contribution in [0, 0.1) is 5.82 Å². The summed E-state index contributed by atoms with van der Waals surface area (Å²) in [7, 11) is 0. The summed E-state index contributed by atoms with van der Waals surface area (Å²) in [6, 6.07) is 13.9. The third-order valence-electron chi connectivity index (χ3n) is 5.48. The van der Waals surface area contributed by atoms with Crippen LogP contribution in [0.15, 0.2) is 60.9 Å². The summed E-state index contributed by atoms with van der Waals surface area (Å²) >= 11 is 0. The Labute approximate surface area is 164 Å². The van der Waals surface area contributed by atoms with Gasteiger partial charge in [-0.25, -0.2) is 9.37 Å². The Morgan fingerprint density at radius 3 is 2.71 bits per heavy atom. The first kappa shape index (κ1) is 18.4. The van der Waals surface area contributed by atoms with Crippen LogP contribution in [0.25, 0.3) is 11.1 Å². The zero-order valence-electron chi connectivity index (χ0n) is 16.0. The van der Waals surface area contributed by atoms with E-state index in [4.69, 9.17) is 0 Å². The van der Waals surface area contributed by atoms with Crippen molar-refractivity contribution in [3.8, 4) is 11.1 Å². The van der Waals surface area contributed by atoms with E-state index in [1.165, 1.54) is 6.07 Å². The quantitative estimate of drug-likeness (QED) is 0.659. The fraction of sp³-hybridized carbons (Fsp3) is 0.304. The second kappa shape index (κ2) is 7.97. The molecule has 5 heteroatoms. The van der Waals surface area contributed by atoms with E-state index < -0.39 is 0 Å². The van der Waals surface area contributed by atoms with Gasteiger partial charge in [0.15, 0.2) is 0 Å². The highest BCUT2D eigenvalue weighted by atomic mass is 19.1. The maximum absolute atomic E-state index is 14.0. The standard InChI is InChI=1S/C23H24FN3O/c1-2-26-15-13-25-22(26)19-6-5-14-27(16-19)23(28)18-11-9-17(10-12-18)20-7-3-4-8-21(20)24/h3-4,7-13,15,19H,2,5-6,14,16H2,1H3/t19-/m1/s1. The van der Waals surface area contributed by atoms with Gasteiger partial charge in [-0.15, -0.1) is 0 Å². The second-order valence-electron chi connectivity index (χ2n) is 7.22. The zero-order valence-corrected chi connectivity index (χ0v) is 16.0. The van der Waals surface area contributed by atoms with Crippen molar-refractivity contribution in [2.75, 3.05) is 13.1 Å². The topological polar surface area (TPSA) is 38.1 Å². The summed E-state index contributed by atoms with van der Waals surface area (Å²) in [6.45, 7) is 4.44. The molecule has 2 aromatic carbocycles. The zero-order chi connectivity index (χ0) is 19.5. The van der Waals surface area contributed by atoms with Crippen molar-refractivity contribution >= 4 is 5.91 Å². The molecule has 28 heavy (non-hydrogen) atoms. The summed E-state index contributed by atoms with van der Waals surface area (Å²) in [5.41, 5.74) is 1.96. The molecule has 0 unspecified atom stereocenters. The van der Waals surface area contributed by atoms with E-state index in [-0.39, 0.29) is 17.6 Å². The van der Waals surface area contributed by atoms with Crippen LogP contribution in [0.4, 0.5) is 4.39 Å². The molecule has 144 valence electrons. The minimum absolute atomic E-state index is 0.0272. The number of benzene rings is 2. The molecule has 1 aliphatic rings. The highest BCUT2D eigenvalue weighted by Gasteiger charge is 2.27. The lowest BCUT2D eigenvalue weighted by molar-refractivity contribution is 0.0703. The van der Waals surface area contributed by atoms with Crippen molar-refractivity contribution in [1.82, 2.24) is 14.5 Å². The van der Waals surface area contributed by atoms with E-state index in [2.05, 4.69) is 16.5 Å². The van der Waals surface area contributed by atoms with Gasteiger partial charge in [-0.1, -0.05) is 30.3 Å². The van der Waals surface area contributed by atoms with E-state index in [9.17, 15) is 9.18 Å².